The molecule has 18 heavy (non-hydrogen) atoms. The molecule has 4 heteroatoms. The number of amides is 1. The Labute approximate surface area is 108 Å². The van der Waals surface area contributed by atoms with Crippen LogP contribution in [-0.2, 0) is 11.2 Å². The number of anilines is 1. The molecule has 98 valence electrons. The summed E-state index contributed by atoms with van der Waals surface area (Å²) in [6.45, 7) is 4.95. The fourth-order valence-corrected chi connectivity index (χ4v) is 2.28. The van der Waals surface area contributed by atoms with E-state index in [2.05, 4.69) is 34.5 Å². The quantitative estimate of drug-likeness (QED) is 0.812. The van der Waals surface area contributed by atoms with Gasteiger partial charge >= 0.3 is 6.09 Å². The predicted molar refractivity (Wildman–Crippen MR) is 72.0 cm³/mol. The molecule has 0 bridgehead atoms. The zero-order valence-electron chi connectivity index (χ0n) is 10.8. The summed E-state index contributed by atoms with van der Waals surface area (Å²) < 4.78 is 4.81. The van der Waals surface area contributed by atoms with Crippen molar-refractivity contribution in [2.24, 2.45) is 0 Å². The average molecular weight is 248 g/mol. The molecule has 0 aliphatic carbocycles. The summed E-state index contributed by atoms with van der Waals surface area (Å²) in [5, 5.41) is 2.74. The van der Waals surface area contributed by atoms with Gasteiger partial charge in [0.05, 0.1) is 6.61 Å². The van der Waals surface area contributed by atoms with E-state index in [1.54, 1.807) is 6.92 Å². The molecule has 0 radical (unpaired) electrons. The lowest BCUT2D eigenvalue weighted by molar-refractivity contribution is 0.152. The minimum atomic E-state index is -0.320. The van der Waals surface area contributed by atoms with Gasteiger partial charge in [-0.15, -0.1) is 0 Å². The first-order valence-electron chi connectivity index (χ1n) is 6.54. The van der Waals surface area contributed by atoms with Gasteiger partial charge in [0.2, 0.25) is 0 Å². The smallest absolute Gasteiger partial charge is 0.407 e. The molecular formula is C14H20N2O2. The summed E-state index contributed by atoms with van der Waals surface area (Å²) in [6.07, 6.45) is 1.74. The molecule has 1 aliphatic heterocycles. The largest absolute Gasteiger partial charge is 0.450 e. The highest BCUT2D eigenvalue weighted by Gasteiger charge is 2.17. The van der Waals surface area contributed by atoms with E-state index in [1.165, 1.54) is 11.3 Å². The zero-order valence-corrected chi connectivity index (χ0v) is 10.8. The van der Waals surface area contributed by atoms with Gasteiger partial charge in [-0.2, -0.15) is 0 Å². The summed E-state index contributed by atoms with van der Waals surface area (Å²) >= 11 is 0. The second kappa shape index (κ2) is 6.28. The maximum Gasteiger partial charge on any atom is 0.407 e. The molecule has 2 rings (SSSR count). The van der Waals surface area contributed by atoms with Crippen LogP contribution in [0.1, 0.15) is 18.9 Å². The van der Waals surface area contributed by atoms with Crippen LogP contribution in [0.15, 0.2) is 24.3 Å². The number of nitrogens with one attached hydrogen (secondary N) is 1. The van der Waals surface area contributed by atoms with Crippen LogP contribution in [-0.4, -0.2) is 32.3 Å². The van der Waals surface area contributed by atoms with Crippen molar-refractivity contribution in [1.29, 1.82) is 0 Å². The van der Waals surface area contributed by atoms with Gasteiger partial charge in [0.25, 0.3) is 0 Å². The molecule has 0 aromatic heterocycles. The molecule has 0 saturated carbocycles. The van der Waals surface area contributed by atoms with E-state index in [-0.39, 0.29) is 6.09 Å². The number of hydrogen-bond acceptors (Lipinski definition) is 3. The summed E-state index contributed by atoms with van der Waals surface area (Å²) in [6, 6.07) is 8.52. The van der Waals surface area contributed by atoms with E-state index < -0.39 is 0 Å². The zero-order chi connectivity index (χ0) is 12.8. The highest BCUT2D eigenvalue weighted by molar-refractivity contribution is 5.67. The number of carbonyl (C=O) groups is 1. The first-order chi connectivity index (χ1) is 8.81. The Kier molecular flexibility index (Phi) is 4.45. The first kappa shape index (κ1) is 12.7. The highest BCUT2D eigenvalue weighted by Crippen LogP contribution is 2.27. The molecule has 1 heterocycles. The van der Waals surface area contributed by atoms with Gasteiger partial charge in [0.1, 0.15) is 0 Å². The molecule has 4 nitrogen and oxygen atoms in total. The molecule has 0 atom stereocenters. The van der Waals surface area contributed by atoms with Crippen LogP contribution in [0.4, 0.5) is 10.5 Å². The van der Waals surface area contributed by atoms with Crippen LogP contribution in [0, 0.1) is 0 Å². The van der Waals surface area contributed by atoms with E-state index in [4.69, 9.17) is 4.74 Å². The highest BCUT2D eigenvalue weighted by atomic mass is 16.5. The Morgan fingerprint density at radius 1 is 1.44 bits per heavy atom. The van der Waals surface area contributed by atoms with Crippen molar-refractivity contribution in [2.45, 2.75) is 19.8 Å². The first-order valence-corrected chi connectivity index (χ1v) is 6.54. The van der Waals surface area contributed by atoms with Crippen molar-refractivity contribution in [3.05, 3.63) is 29.8 Å². The molecule has 1 amide bonds. The van der Waals surface area contributed by atoms with Gasteiger partial charge < -0.3 is 15.0 Å². The monoisotopic (exact) mass is 248 g/mol. The van der Waals surface area contributed by atoms with Crippen molar-refractivity contribution < 1.29 is 9.53 Å². The van der Waals surface area contributed by atoms with Crippen LogP contribution in [0.25, 0.3) is 0 Å². The minimum Gasteiger partial charge on any atom is -0.450 e. The van der Waals surface area contributed by atoms with Gasteiger partial charge in [-0.25, -0.2) is 4.79 Å². The lowest BCUT2D eigenvalue weighted by Gasteiger charge is -2.19. The van der Waals surface area contributed by atoms with Gasteiger partial charge in [0, 0.05) is 25.3 Å². The number of alkyl carbamates (subject to hydrolysis) is 1. The third-order valence-electron chi connectivity index (χ3n) is 3.13. The fourth-order valence-electron chi connectivity index (χ4n) is 2.28. The number of nitrogens with zero attached hydrogens (tertiary/aromatic N) is 1. The molecule has 1 aromatic carbocycles. The van der Waals surface area contributed by atoms with Crippen LogP contribution in [0.3, 0.4) is 0 Å². The van der Waals surface area contributed by atoms with Gasteiger partial charge in [-0.05, 0) is 31.4 Å². The second-order valence-electron chi connectivity index (χ2n) is 4.37. The van der Waals surface area contributed by atoms with Crippen molar-refractivity contribution in [3.8, 4) is 0 Å². The summed E-state index contributed by atoms with van der Waals surface area (Å²) in [5.74, 6) is 0. The molecule has 0 spiro atoms. The van der Waals surface area contributed by atoms with E-state index >= 15 is 0 Å². The number of ether oxygens (including phenoxy) is 1. The summed E-state index contributed by atoms with van der Waals surface area (Å²) in [4.78, 5) is 13.5. The molecule has 1 aliphatic rings. The lowest BCUT2D eigenvalue weighted by atomic mass is 10.2. The molecule has 1 N–H and O–H groups in total. The van der Waals surface area contributed by atoms with Crippen LogP contribution < -0.4 is 10.2 Å². The molecule has 0 fully saturated rings. The fraction of sp³-hybridized carbons (Fsp3) is 0.500. The third kappa shape index (κ3) is 3.15. The topological polar surface area (TPSA) is 41.6 Å². The van der Waals surface area contributed by atoms with Crippen molar-refractivity contribution in [1.82, 2.24) is 5.32 Å². The Balaban J connectivity index is 1.71. The average Bonchev–Trinajstić information content (AvgIpc) is 2.78. The Hall–Kier alpha value is -1.71. The minimum absolute atomic E-state index is 0.320. The second-order valence-corrected chi connectivity index (χ2v) is 4.37. The Morgan fingerprint density at radius 2 is 2.28 bits per heavy atom. The normalized spacial score (nSPS) is 13.3. The standard InChI is InChI=1S/C14H20N2O2/c1-2-18-14(17)15-9-5-10-16-11-8-12-6-3-4-7-13(12)16/h3-4,6-7H,2,5,8-11H2,1H3,(H,15,17). The maximum absolute atomic E-state index is 11.1. The molecule has 0 saturated heterocycles. The molecule has 0 unspecified atom stereocenters. The van der Waals surface area contributed by atoms with Crippen LogP contribution in [0.5, 0.6) is 0 Å². The van der Waals surface area contributed by atoms with Gasteiger partial charge in [-0.1, -0.05) is 18.2 Å². The number of benzene rings is 1. The number of fused-ring (bicyclic) bond motifs is 1. The summed E-state index contributed by atoms with van der Waals surface area (Å²) in [7, 11) is 0. The van der Waals surface area contributed by atoms with E-state index in [1.807, 2.05) is 0 Å². The third-order valence-corrected chi connectivity index (χ3v) is 3.13. The lowest BCUT2D eigenvalue weighted by Crippen LogP contribution is -2.29. The Bertz CT molecular complexity index is 407. The van der Waals surface area contributed by atoms with Crippen molar-refractivity contribution in [2.75, 3.05) is 31.1 Å². The molecule has 1 aromatic rings. The van der Waals surface area contributed by atoms with Crippen molar-refractivity contribution >= 4 is 11.8 Å². The van der Waals surface area contributed by atoms with Crippen LogP contribution >= 0.6 is 0 Å². The predicted octanol–water partition coefficient (Wildman–Crippen LogP) is 2.19. The SMILES string of the molecule is CCOC(=O)NCCCN1CCc2ccccc21. The van der Waals surface area contributed by atoms with Crippen LogP contribution in [0.2, 0.25) is 0 Å². The number of hydrogen-bond donors (Lipinski definition) is 1. The number of para-hydroxylation sites is 1. The molecular weight excluding hydrogens is 228 g/mol. The summed E-state index contributed by atoms with van der Waals surface area (Å²) in [5.41, 5.74) is 2.77. The maximum atomic E-state index is 11.1. The number of rotatable bonds is 5. The van der Waals surface area contributed by atoms with Gasteiger partial charge in [0.15, 0.2) is 0 Å². The van der Waals surface area contributed by atoms with E-state index in [0.717, 1.165) is 25.9 Å². The van der Waals surface area contributed by atoms with E-state index in [9.17, 15) is 4.79 Å². The van der Waals surface area contributed by atoms with E-state index in [0.29, 0.717) is 13.2 Å². The number of carbonyl (C=O) groups excluding carboxylic acids is 1. The van der Waals surface area contributed by atoms with Gasteiger partial charge in [-0.3, -0.25) is 0 Å². The Morgan fingerprint density at radius 3 is 3.11 bits per heavy atom. The van der Waals surface area contributed by atoms with Crippen molar-refractivity contribution in [3.63, 3.8) is 0 Å².